The van der Waals surface area contributed by atoms with Crippen molar-refractivity contribution >= 4 is 0 Å². The second-order valence-corrected chi connectivity index (χ2v) is 4.59. The van der Waals surface area contributed by atoms with E-state index in [0.717, 1.165) is 12.8 Å². The van der Waals surface area contributed by atoms with Crippen LogP contribution >= 0.6 is 0 Å². The van der Waals surface area contributed by atoms with E-state index < -0.39 is 5.79 Å². The van der Waals surface area contributed by atoms with Gasteiger partial charge in [0.05, 0.1) is 6.10 Å². The van der Waals surface area contributed by atoms with Gasteiger partial charge in [-0.25, -0.2) is 0 Å². The topological polar surface area (TPSA) is 44.5 Å². The molecule has 0 aromatic heterocycles. The molecule has 76 valence electrons. The van der Waals surface area contributed by atoms with Crippen molar-refractivity contribution in [1.82, 2.24) is 0 Å². The lowest BCUT2D eigenvalue weighted by atomic mass is 10.1. The Labute approximate surface area is 79.6 Å². The van der Waals surface area contributed by atoms with E-state index in [9.17, 15) is 0 Å². The fraction of sp³-hybridized carbons (Fsp3) is 1.00. The predicted molar refractivity (Wildman–Crippen MR) is 50.3 cm³/mol. The molecule has 0 spiro atoms. The number of hydrogen-bond acceptors (Lipinski definition) is 3. The first-order valence-electron chi connectivity index (χ1n) is 5.20. The minimum atomic E-state index is -0.426. The number of rotatable bonds is 0. The summed E-state index contributed by atoms with van der Waals surface area (Å²) in [6.07, 6.45) is 4.95. The first-order chi connectivity index (χ1) is 6.08. The van der Waals surface area contributed by atoms with Crippen LogP contribution in [0.4, 0.5) is 0 Å². The summed E-state index contributed by atoms with van der Waals surface area (Å²) in [7, 11) is 0. The molecule has 1 aliphatic carbocycles. The summed E-state index contributed by atoms with van der Waals surface area (Å²) in [5.74, 6) is -0.426. The zero-order valence-electron chi connectivity index (χ0n) is 8.45. The van der Waals surface area contributed by atoms with Crippen LogP contribution in [0.25, 0.3) is 0 Å². The predicted octanol–water partition coefficient (Wildman–Crippen LogP) is 1.41. The van der Waals surface area contributed by atoms with Crippen molar-refractivity contribution in [2.24, 2.45) is 5.73 Å². The largest absolute Gasteiger partial charge is 0.345 e. The lowest BCUT2D eigenvalue weighted by molar-refractivity contribution is -0.149. The van der Waals surface area contributed by atoms with E-state index in [1.165, 1.54) is 12.8 Å². The average Bonchev–Trinajstić information content (AvgIpc) is 2.26. The van der Waals surface area contributed by atoms with Gasteiger partial charge in [0.2, 0.25) is 0 Å². The number of ether oxygens (including phenoxy) is 2. The Morgan fingerprint density at radius 1 is 1.15 bits per heavy atom. The van der Waals surface area contributed by atoms with Crippen molar-refractivity contribution in [3.05, 3.63) is 0 Å². The van der Waals surface area contributed by atoms with E-state index in [-0.39, 0.29) is 18.2 Å². The maximum Gasteiger partial charge on any atom is 0.163 e. The highest BCUT2D eigenvalue weighted by Crippen LogP contribution is 2.35. The minimum absolute atomic E-state index is 0.123. The van der Waals surface area contributed by atoms with Crippen molar-refractivity contribution in [2.45, 2.75) is 63.6 Å². The van der Waals surface area contributed by atoms with Gasteiger partial charge in [-0.05, 0) is 26.7 Å². The van der Waals surface area contributed by atoms with Crippen LogP contribution < -0.4 is 5.73 Å². The highest BCUT2D eigenvalue weighted by atomic mass is 16.8. The Hall–Kier alpha value is -0.120. The summed E-state index contributed by atoms with van der Waals surface area (Å²) in [6, 6.07) is 0.161. The summed E-state index contributed by atoms with van der Waals surface area (Å²) in [6.45, 7) is 3.93. The Balaban J connectivity index is 2.09. The van der Waals surface area contributed by atoms with E-state index in [4.69, 9.17) is 15.2 Å². The molecule has 1 saturated carbocycles. The molecule has 1 heterocycles. The molecule has 2 aliphatic rings. The van der Waals surface area contributed by atoms with Crippen LogP contribution in [-0.4, -0.2) is 24.0 Å². The molecule has 2 rings (SSSR count). The summed E-state index contributed by atoms with van der Waals surface area (Å²) < 4.78 is 11.6. The van der Waals surface area contributed by atoms with Crippen LogP contribution in [0.15, 0.2) is 0 Å². The van der Waals surface area contributed by atoms with Gasteiger partial charge in [-0.1, -0.05) is 12.8 Å². The Bertz CT molecular complexity index is 193. The van der Waals surface area contributed by atoms with Gasteiger partial charge in [0.25, 0.3) is 0 Å². The van der Waals surface area contributed by atoms with Crippen LogP contribution in [0.5, 0.6) is 0 Å². The molecule has 2 N–H and O–H groups in total. The minimum Gasteiger partial charge on any atom is -0.345 e. The summed E-state index contributed by atoms with van der Waals surface area (Å²) >= 11 is 0. The lowest BCUT2D eigenvalue weighted by Crippen LogP contribution is -2.40. The molecule has 1 aliphatic heterocycles. The first-order valence-corrected chi connectivity index (χ1v) is 5.20. The number of hydrogen-bond donors (Lipinski definition) is 1. The molecule has 3 atom stereocenters. The second-order valence-electron chi connectivity index (χ2n) is 4.59. The second kappa shape index (κ2) is 3.23. The Kier molecular flexibility index (Phi) is 2.34. The van der Waals surface area contributed by atoms with Gasteiger partial charge in [0.1, 0.15) is 6.10 Å². The van der Waals surface area contributed by atoms with Crippen LogP contribution in [-0.2, 0) is 9.47 Å². The lowest BCUT2D eigenvalue weighted by Gasteiger charge is -2.20. The molecule has 3 heteroatoms. The van der Waals surface area contributed by atoms with Gasteiger partial charge in [0.15, 0.2) is 5.79 Å². The maximum atomic E-state index is 6.04. The first kappa shape index (κ1) is 9.44. The molecule has 1 saturated heterocycles. The van der Waals surface area contributed by atoms with E-state index in [1.807, 2.05) is 13.8 Å². The van der Waals surface area contributed by atoms with Crippen LogP contribution in [0, 0.1) is 0 Å². The van der Waals surface area contributed by atoms with Gasteiger partial charge in [0, 0.05) is 6.04 Å². The quantitative estimate of drug-likeness (QED) is 0.620. The molecule has 13 heavy (non-hydrogen) atoms. The molecule has 0 aromatic rings. The zero-order valence-corrected chi connectivity index (χ0v) is 8.45. The molecule has 0 bridgehead atoms. The van der Waals surface area contributed by atoms with Gasteiger partial charge in [-0.2, -0.15) is 0 Å². The third-order valence-electron chi connectivity index (χ3n) is 2.92. The van der Waals surface area contributed by atoms with Crippen LogP contribution in [0.3, 0.4) is 0 Å². The van der Waals surface area contributed by atoms with Gasteiger partial charge < -0.3 is 15.2 Å². The van der Waals surface area contributed by atoms with E-state index in [0.29, 0.717) is 0 Å². The number of nitrogens with two attached hydrogens (primary N) is 1. The normalized spacial score (nSPS) is 44.1. The molecule has 0 unspecified atom stereocenters. The Morgan fingerprint density at radius 3 is 2.62 bits per heavy atom. The van der Waals surface area contributed by atoms with Crippen molar-refractivity contribution in [2.75, 3.05) is 0 Å². The van der Waals surface area contributed by atoms with Crippen molar-refractivity contribution in [1.29, 1.82) is 0 Å². The zero-order chi connectivity index (χ0) is 9.47. The number of fused-ring (bicyclic) bond motifs is 1. The molecule has 2 fully saturated rings. The van der Waals surface area contributed by atoms with E-state index in [1.54, 1.807) is 0 Å². The van der Waals surface area contributed by atoms with Crippen molar-refractivity contribution < 1.29 is 9.47 Å². The highest BCUT2D eigenvalue weighted by Gasteiger charge is 2.44. The SMILES string of the molecule is CC1(C)O[C@H]2[C@@H](N)CCCC[C@H]2O1. The monoisotopic (exact) mass is 185 g/mol. The van der Waals surface area contributed by atoms with Gasteiger partial charge in [-0.3, -0.25) is 0 Å². The van der Waals surface area contributed by atoms with E-state index >= 15 is 0 Å². The molecular weight excluding hydrogens is 166 g/mol. The summed E-state index contributed by atoms with van der Waals surface area (Å²) in [4.78, 5) is 0. The third-order valence-corrected chi connectivity index (χ3v) is 2.92. The average molecular weight is 185 g/mol. The van der Waals surface area contributed by atoms with Crippen molar-refractivity contribution in [3.8, 4) is 0 Å². The molecule has 0 aromatic carbocycles. The van der Waals surface area contributed by atoms with Gasteiger partial charge in [-0.15, -0.1) is 0 Å². The molecule has 3 nitrogen and oxygen atoms in total. The fourth-order valence-electron chi connectivity index (χ4n) is 2.34. The highest BCUT2D eigenvalue weighted by molar-refractivity contribution is 4.90. The Morgan fingerprint density at radius 2 is 1.85 bits per heavy atom. The smallest absolute Gasteiger partial charge is 0.163 e. The maximum absolute atomic E-state index is 6.04. The van der Waals surface area contributed by atoms with Gasteiger partial charge >= 0.3 is 0 Å². The van der Waals surface area contributed by atoms with Crippen LogP contribution in [0.1, 0.15) is 39.5 Å². The van der Waals surface area contributed by atoms with Crippen molar-refractivity contribution in [3.63, 3.8) is 0 Å². The van der Waals surface area contributed by atoms with E-state index in [2.05, 4.69) is 0 Å². The van der Waals surface area contributed by atoms with Crippen LogP contribution in [0.2, 0.25) is 0 Å². The third kappa shape index (κ3) is 1.87. The molecular formula is C10H19NO2. The molecule has 0 amide bonds. The fourth-order valence-corrected chi connectivity index (χ4v) is 2.34. The molecule has 0 radical (unpaired) electrons. The standard InChI is InChI=1S/C10H19NO2/c1-10(2)12-8-6-4-3-5-7(11)9(8)13-10/h7-9H,3-6,11H2,1-2H3/t7-,8+,9-/m0/s1. The summed E-state index contributed by atoms with van der Waals surface area (Å²) in [5.41, 5.74) is 6.04. The summed E-state index contributed by atoms with van der Waals surface area (Å²) in [5, 5.41) is 0.